The number of hydrogen-bond donors (Lipinski definition) is 2. The van der Waals surface area contributed by atoms with Crippen molar-refractivity contribution in [3.05, 3.63) is 71.4 Å². The summed E-state index contributed by atoms with van der Waals surface area (Å²) in [5.74, 6) is -0.199. The van der Waals surface area contributed by atoms with Crippen LogP contribution in [0.15, 0.2) is 53.1 Å². The predicted octanol–water partition coefficient (Wildman–Crippen LogP) is 5.72. The number of pyridine rings is 1. The Bertz CT molecular complexity index is 1340. The number of nitrogens with one attached hydrogen (secondary N) is 2. The lowest BCUT2D eigenvalue weighted by molar-refractivity contribution is 0.0994. The first-order valence-electron chi connectivity index (χ1n) is 11.2. The van der Waals surface area contributed by atoms with Crippen molar-refractivity contribution in [3.8, 4) is 0 Å². The summed E-state index contributed by atoms with van der Waals surface area (Å²) in [5.41, 5.74) is 3.76. The van der Waals surface area contributed by atoms with Gasteiger partial charge in [-0.05, 0) is 76.1 Å². The summed E-state index contributed by atoms with van der Waals surface area (Å²) >= 11 is 0. The Labute approximate surface area is 198 Å². The third-order valence-corrected chi connectivity index (χ3v) is 5.45. The number of benzene rings is 1. The van der Waals surface area contributed by atoms with Crippen molar-refractivity contribution in [2.75, 3.05) is 10.6 Å². The molecule has 4 aromatic rings. The fourth-order valence-corrected chi connectivity index (χ4v) is 3.69. The molecule has 3 heterocycles. The van der Waals surface area contributed by atoms with E-state index in [2.05, 4.69) is 45.3 Å². The summed E-state index contributed by atoms with van der Waals surface area (Å²) < 4.78 is 6.99. The fraction of sp³-hybridized carbons (Fsp3) is 0.308. The number of aryl methyl sites for hydroxylation is 1. The molecule has 2 amide bonds. The van der Waals surface area contributed by atoms with Crippen molar-refractivity contribution in [1.82, 2.24) is 14.8 Å². The third kappa shape index (κ3) is 4.57. The lowest BCUT2D eigenvalue weighted by Crippen LogP contribution is -2.24. The second kappa shape index (κ2) is 8.78. The van der Waals surface area contributed by atoms with E-state index in [0.29, 0.717) is 22.6 Å². The van der Waals surface area contributed by atoms with Gasteiger partial charge in [0.1, 0.15) is 0 Å². The molecular weight excluding hydrogens is 430 g/mol. The van der Waals surface area contributed by atoms with E-state index in [1.165, 1.54) is 6.26 Å². The van der Waals surface area contributed by atoms with Crippen molar-refractivity contribution >= 4 is 34.2 Å². The molecule has 0 aliphatic heterocycles. The maximum absolute atomic E-state index is 13.4. The number of furan rings is 1. The average molecular weight is 460 g/mol. The van der Waals surface area contributed by atoms with E-state index < -0.39 is 0 Å². The van der Waals surface area contributed by atoms with Gasteiger partial charge in [-0.1, -0.05) is 13.8 Å². The van der Waals surface area contributed by atoms with Gasteiger partial charge in [0.15, 0.2) is 11.4 Å². The van der Waals surface area contributed by atoms with Crippen LogP contribution in [0.2, 0.25) is 0 Å². The summed E-state index contributed by atoms with van der Waals surface area (Å²) in [6.07, 6.45) is 1.45. The molecule has 4 rings (SSSR count). The first-order valence-corrected chi connectivity index (χ1v) is 11.2. The van der Waals surface area contributed by atoms with Crippen LogP contribution in [-0.4, -0.2) is 26.6 Å². The molecule has 8 heteroatoms. The van der Waals surface area contributed by atoms with Crippen LogP contribution in [-0.2, 0) is 5.54 Å². The number of carbonyl (C=O) groups excluding carboxylic acids is 2. The highest BCUT2D eigenvalue weighted by Gasteiger charge is 2.25. The van der Waals surface area contributed by atoms with Gasteiger partial charge in [0, 0.05) is 17.1 Å². The van der Waals surface area contributed by atoms with Gasteiger partial charge in [-0.15, -0.1) is 0 Å². The van der Waals surface area contributed by atoms with Gasteiger partial charge in [0.25, 0.3) is 11.8 Å². The molecular formula is C26H29N5O3. The highest BCUT2D eigenvalue weighted by molar-refractivity contribution is 6.13. The maximum Gasteiger partial charge on any atom is 0.291 e. The second-order valence-corrected chi connectivity index (χ2v) is 9.58. The quantitative estimate of drug-likeness (QED) is 0.398. The summed E-state index contributed by atoms with van der Waals surface area (Å²) in [6.45, 7) is 12.2. The van der Waals surface area contributed by atoms with E-state index in [4.69, 9.17) is 14.5 Å². The van der Waals surface area contributed by atoms with Crippen LogP contribution in [0.5, 0.6) is 0 Å². The zero-order chi connectivity index (χ0) is 24.6. The lowest BCUT2D eigenvalue weighted by atomic mass is 10.0. The molecule has 8 nitrogen and oxygen atoms in total. The highest BCUT2D eigenvalue weighted by atomic mass is 16.3. The third-order valence-electron chi connectivity index (χ3n) is 5.45. The van der Waals surface area contributed by atoms with Gasteiger partial charge >= 0.3 is 0 Å². The van der Waals surface area contributed by atoms with E-state index in [1.807, 2.05) is 17.7 Å². The van der Waals surface area contributed by atoms with Crippen LogP contribution >= 0.6 is 0 Å². The first kappa shape index (κ1) is 23.2. The molecule has 0 saturated heterocycles. The molecule has 0 radical (unpaired) electrons. The Morgan fingerprint density at radius 3 is 2.15 bits per heavy atom. The number of hydrogen-bond acceptors (Lipinski definition) is 5. The molecule has 3 aromatic heterocycles. The highest BCUT2D eigenvalue weighted by Crippen LogP contribution is 2.29. The Morgan fingerprint density at radius 2 is 1.62 bits per heavy atom. The van der Waals surface area contributed by atoms with Gasteiger partial charge in [0.2, 0.25) is 0 Å². The molecule has 0 unspecified atom stereocenters. The SMILES string of the molecule is Cc1nn(C(C)(C)C)c2nc(C(C)C)cc(C(=O)Nc3ccc(NC(=O)c4ccco4)cc3)c12. The Hall–Kier alpha value is -3.94. The number of rotatable bonds is 5. The minimum Gasteiger partial charge on any atom is -0.459 e. The molecule has 2 N–H and O–H groups in total. The van der Waals surface area contributed by atoms with E-state index in [1.54, 1.807) is 36.4 Å². The second-order valence-electron chi connectivity index (χ2n) is 9.58. The average Bonchev–Trinajstić information content (AvgIpc) is 3.43. The van der Waals surface area contributed by atoms with Crippen molar-refractivity contribution in [2.24, 2.45) is 0 Å². The van der Waals surface area contributed by atoms with Crippen molar-refractivity contribution in [2.45, 2.75) is 53.0 Å². The number of amides is 2. The van der Waals surface area contributed by atoms with Gasteiger partial charge in [0.05, 0.1) is 28.4 Å². The van der Waals surface area contributed by atoms with Crippen LogP contribution < -0.4 is 10.6 Å². The van der Waals surface area contributed by atoms with Crippen molar-refractivity contribution < 1.29 is 14.0 Å². The molecule has 176 valence electrons. The topological polar surface area (TPSA) is 102 Å². The first-order chi connectivity index (χ1) is 16.0. The summed E-state index contributed by atoms with van der Waals surface area (Å²) in [7, 11) is 0. The van der Waals surface area contributed by atoms with E-state index in [0.717, 1.165) is 16.8 Å². The van der Waals surface area contributed by atoms with E-state index in [9.17, 15) is 9.59 Å². The van der Waals surface area contributed by atoms with Crippen molar-refractivity contribution in [3.63, 3.8) is 0 Å². The fourth-order valence-electron chi connectivity index (χ4n) is 3.69. The molecule has 0 bridgehead atoms. The van der Waals surface area contributed by atoms with Gasteiger partial charge in [-0.25, -0.2) is 9.67 Å². The largest absolute Gasteiger partial charge is 0.459 e. The number of anilines is 2. The molecule has 0 aliphatic carbocycles. The van der Waals surface area contributed by atoms with Crippen LogP contribution in [0.3, 0.4) is 0 Å². The van der Waals surface area contributed by atoms with Crippen LogP contribution in [0.25, 0.3) is 11.0 Å². The standard InChI is InChI=1S/C26H29N5O3/c1-15(2)20-14-19(22-16(3)30-31(23(22)29-20)26(4,5)6)24(32)27-17-9-11-18(12-10-17)28-25(33)21-8-7-13-34-21/h7-15H,1-6H3,(H,27,32)(H,28,33). The lowest BCUT2D eigenvalue weighted by Gasteiger charge is -2.20. The van der Waals surface area contributed by atoms with Crippen LogP contribution in [0.1, 0.15) is 72.8 Å². The molecule has 0 fully saturated rings. The molecule has 34 heavy (non-hydrogen) atoms. The summed E-state index contributed by atoms with van der Waals surface area (Å²) in [5, 5.41) is 11.2. The van der Waals surface area contributed by atoms with E-state index in [-0.39, 0.29) is 29.0 Å². The molecule has 0 spiro atoms. The minimum absolute atomic E-state index is 0.150. The number of nitrogens with zero attached hydrogens (tertiary/aromatic N) is 3. The molecule has 0 atom stereocenters. The Morgan fingerprint density at radius 1 is 1.00 bits per heavy atom. The predicted molar refractivity (Wildman–Crippen MR) is 132 cm³/mol. The summed E-state index contributed by atoms with van der Waals surface area (Å²) in [4.78, 5) is 30.4. The number of aromatic nitrogens is 3. The number of carbonyl (C=O) groups is 2. The Balaban J connectivity index is 1.63. The Kier molecular flexibility index (Phi) is 6.00. The molecule has 0 saturated carbocycles. The molecule has 1 aromatic carbocycles. The minimum atomic E-state index is -0.339. The van der Waals surface area contributed by atoms with Gasteiger partial charge in [-0.2, -0.15) is 5.10 Å². The monoisotopic (exact) mass is 459 g/mol. The van der Waals surface area contributed by atoms with Crippen molar-refractivity contribution in [1.29, 1.82) is 0 Å². The normalized spacial score (nSPS) is 11.7. The van der Waals surface area contributed by atoms with Gasteiger partial charge in [-0.3, -0.25) is 9.59 Å². The van der Waals surface area contributed by atoms with Gasteiger partial charge < -0.3 is 15.1 Å². The molecule has 0 aliphatic rings. The van der Waals surface area contributed by atoms with Crippen LogP contribution in [0, 0.1) is 6.92 Å². The zero-order valence-electron chi connectivity index (χ0n) is 20.3. The van der Waals surface area contributed by atoms with Crippen LogP contribution in [0.4, 0.5) is 11.4 Å². The number of fused-ring (bicyclic) bond motifs is 1. The van der Waals surface area contributed by atoms with E-state index >= 15 is 0 Å². The maximum atomic E-state index is 13.4. The zero-order valence-corrected chi connectivity index (χ0v) is 20.3. The summed E-state index contributed by atoms with van der Waals surface area (Å²) in [6, 6.07) is 12.0. The smallest absolute Gasteiger partial charge is 0.291 e.